The van der Waals surface area contributed by atoms with Crippen LogP contribution in [0.25, 0.3) is 11.1 Å². The first kappa shape index (κ1) is 16.2. The molecule has 0 saturated carbocycles. The Morgan fingerprint density at radius 3 is 2.36 bits per heavy atom. The van der Waals surface area contributed by atoms with Crippen LogP contribution in [0.1, 0.15) is 12.5 Å². The van der Waals surface area contributed by atoms with Crippen LogP contribution in [0.4, 0.5) is 0 Å². The molecule has 0 spiro atoms. The summed E-state index contributed by atoms with van der Waals surface area (Å²) in [5.41, 5.74) is 3.87. The van der Waals surface area contributed by atoms with Crippen molar-refractivity contribution in [3.05, 3.63) is 59.1 Å². The molecule has 1 heterocycles. The van der Waals surface area contributed by atoms with Crippen LogP contribution in [0.15, 0.2) is 48.5 Å². The molecule has 0 aliphatic carbocycles. The SMILES string of the molecule is CC(I)(c1ccccc1-c1ccc(Cl)cc1)N1CCNCC1. The Kier molecular flexibility index (Phi) is 5.07. The van der Waals surface area contributed by atoms with Crippen molar-refractivity contribution in [3.8, 4) is 11.1 Å². The van der Waals surface area contributed by atoms with Gasteiger partial charge in [0.05, 0.1) is 3.55 Å². The van der Waals surface area contributed by atoms with E-state index in [-0.39, 0.29) is 3.55 Å². The van der Waals surface area contributed by atoms with E-state index in [0.29, 0.717) is 0 Å². The van der Waals surface area contributed by atoms with E-state index in [9.17, 15) is 0 Å². The van der Waals surface area contributed by atoms with Gasteiger partial charge >= 0.3 is 0 Å². The summed E-state index contributed by atoms with van der Waals surface area (Å²) in [5.74, 6) is 0. The fourth-order valence-electron chi connectivity index (χ4n) is 3.02. The van der Waals surface area contributed by atoms with Gasteiger partial charge in [-0.2, -0.15) is 0 Å². The molecule has 0 aromatic heterocycles. The Morgan fingerprint density at radius 1 is 1.05 bits per heavy atom. The summed E-state index contributed by atoms with van der Waals surface area (Å²) in [6, 6.07) is 16.8. The van der Waals surface area contributed by atoms with E-state index in [2.05, 4.69) is 76.1 Å². The second-order valence-electron chi connectivity index (χ2n) is 5.74. The zero-order valence-corrected chi connectivity index (χ0v) is 15.6. The Bertz CT molecular complexity index is 634. The fraction of sp³-hybridized carbons (Fsp3) is 0.333. The van der Waals surface area contributed by atoms with Gasteiger partial charge in [-0.25, -0.2) is 0 Å². The largest absolute Gasteiger partial charge is 0.314 e. The summed E-state index contributed by atoms with van der Waals surface area (Å²) < 4.78 is -0.0178. The molecule has 0 radical (unpaired) electrons. The van der Waals surface area contributed by atoms with Gasteiger partial charge in [-0.1, -0.05) is 70.6 Å². The van der Waals surface area contributed by atoms with Crippen molar-refractivity contribution in [2.45, 2.75) is 10.5 Å². The molecule has 2 aromatic rings. The molecule has 1 atom stereocenters. The van der Waals surface area contributed by atoms with Gasteiger partial charge in [0.15, 0.2) is 0 Å². The van der Waals surface area contributed by atoms with Gasteiger partial charge in [0.2, 0.25) is 0 Å². The van der Waals surface area contributed by atoms with Crippen LogP contribution < -0.4 is 5.32 Å². The van der Waals surface area contributed by atoms with Crippen molar-refractivity contribution in [3.63, 3.8) is 0 Å². The van der Waals surface area contributed by atoms with Crippen LogP contribution in [0, 0.1) is 0 Å². The van der Waals surface area contributed by atoms with Crippen LogP contribution in [-0.2, 0) is 3.55 Å². The zero-order chi connectivity index (χ0) is 15.6. The number of halogens is 2. The predicted octanol–water partition coefficient (Wildman–Crippen LogP) is 4.52. The first-order chi connectivity index (χ1) is 10.6. The Balaban J connectivity index is 2.01. The van der Waals surface area contributed by atoms with Crippen molar-refractivity contribution in [2.75, 3.05) is 26.2 Å². The van der Waals surface area contributed by atoms with Crippen LogP contribution in [0.2, 0.25) is 5.02 Å². The van der Waals surface area contributed by atoms with Crippen molar-refractivity contribution in [1.29, 1.82) is 0 Å². The van der Waals surface area contributed by atoms with Crippen molar-refractivity contribution >= 4 is 34.2 Å². The van der Waals surface area contributed by atoms with E-state index < -0.39 is 0 Å². The second kappa shape index (κ2) is 6.87. The number of rotatable bonds is 3. The van der Waals surface area contributed by atoms with E-state index in [1.165, 1.54) is 16.7 Å². The third-order valence-corrected chi connectivity index (χ3v) is 5.80. The fourth-order valence-corrected chi connectivity index (χ4v) is 4.10. The Labute approximate surface area is 151 Å². The quantitative estimate of drug-likeness (QED) is 0.441. The van der Waals surface area contributed by atoms with Crippen LogP contribution in [0.3, 0.4) is 0 Å². The van der Waals surface area contributed by atoms with E-state index in [4.69, 9.17) is 11.6 Å². The zero-order valence-electron chi connectivity index (χ0n) is 12.7. The topological polar surface area (TPSA) is 15.3 Å². The van der Waals surface area contributed by atoms with Gasteiger partial charge < -0.3 is 5.32 Å². The lowest BCUT2D eigenvalue weighted by Gasteiger charge is -2.41. The van der Waals surface area contributed by atoms with Gasteiger partial charge in [0, 0.05) is 31.2 Å². The summed E-state index contributed by atoms with van der Waals surface area (Å²) >= 11 is 8.63. The highest BCUT2D eigenvalue weighted by Crippen LogP contribution is 2.41. The molecule has 1 saturated heterocycles. The normalized spacial score (nSPS) is 18.9. The van der Waals surface area contributed by atoms with Gasteiger partial charge in [0.1, 0.15) is 0 Å². The first-order valence-electron chi connectivity index (χ1n) is 7.59. The minimum atomic E-state index is -0.0178. The summed E-state index contributed by atoms with van der Waals surface area (Å²) in [4.78, 5) is 2.55. The number of piperazine rings is 1. The lowest BCUT2D eigenvalue weighted by atomic mass is 9.94. The molecule has 1 N–H and O–H groups in total. The smallest absolute Gasteiger partial charge is 0.0963 e. The molecule has 1 fully saturated rings. The molecular weight excluding hydrogens is 407 g/mol. The van der Waals surface area contributed by atoms with Crippen LogP contribution >= 0.6 is 34.2 Å². The van der Waals surface area contributed by atoms with E-state index in [0.717, 1.165) is 31.2 Å². The third-order valence-electron chi connectivity index (χ3n) is 4.28. The molecule has 1 aliphatic rings. The molecular formula is C18H20ClIN2. The summed E-state index contributed by atoms with van der Waals surface area (Å²) in [6.07, 6.45) is 0. The van der Waals surface area contributed by atoms with E-state index in [1.807, 2.05) is 12.1 Å². The lowest BCUT2D eigenvalue weighted by Crippen LogP contribution is -2.50. The lowest BCUT2D eigenvalue weighted by molar-refractivity contribution is 0.173. The standard InChI is InChI=1S/C18H20ClIN2/c1-18(20,22-12-10-21-11-13-22)17-5-3-2-4-16(17)14-6-8-15(19)9-7-14/h2-9,21H,10-13H2,1H3. The van der Waals surface area contributed by atoms with Crippen LogP contribution in [0.5, 0.6) is 0 Å². The molecule has 2 nitrogen and oxygen atoms in total. The number of hydrogen-bond acceptors (Lipinski definition) is 2. The van der Waals surface area contributed by atoms with Crippen molar-refractivity contribution in [2.24, 2.45) is 0 Å². The number of hydrogen-bond donors (Lipinski definition) is 1. The maximum atomic E-state index is 6.03. The average molecular weight is 427 g/mol. The van der Waals surface area contributed by atoms with Crippen LogP contribution in [-0.4, -0.2) is 31.1 Å². The molecule has 1 aliphatic heterocycles. The Hall–Kier alpha value is -0.620. The monoisotopic (exact) mass is 426 g/mol. The summed E-state index contributed by atoms with van der Waals surface area (Å²) in [5, 5.41) is 4.21. The molecule has 116 valence electrons. The Morgan fingerprint density at radius 2 is 1.68 bits per heavy atom. The highest BCUT2D eigenvalue weighted by molar-refractivity contribution is 14.1. The second-order valence-corrected chi connectivity index (χ2v) is 8.28. The van der Waals surface area contributed by atoms with Gasteiger partial charge in [-0.05, 0) is 35.7 Å². The maximum Gasteiger partial charge on any atom is 0.0963 e. The molecule has 1 unspecified atom stereocenters. The summed E-state index contributed by atoms with van der Waals surface area (Å²) in [7, 11) is 0. The highest BCUT2D eigenvalue weighted by atomic mass is 127. The molecule has 3 rings (SSSR count). The first-order valence-corrected chi connectivity index (χ1v) is 9.05. The number of nitrogens with one attached hydrogen (secondary N) is 1. The van der Waals surface area contributed by atoms with E-state index >= 15 is 0 Å². The highest BCUT2D eigenvalue weighted by Gasteiger charge is 2.33. The van der Waals surface area contributed by atoms with Crippen molar-refractivity contribution < 1.29 is 0 Å². The van der Waals surface area contributed by atoms with Gasteiger partial charge in [0.25, 0.3) is 0 Å². The summed E-state index contributed by atoms with van der Waals surface area (Å²) in [6.45, 7) is 6.58. The molecule has 0 bridgehead atoms. The van der Waals surface area contributed by atoms with Gasteiger partial charge in [-0.3, -0.25) is 4.90 Å². The number of benzene rings is 2. The number of nitrogens with zero attached hydrogens (tertiary/aromatic N) is 1. The molecule has 22 heavy (non-hydrogen) atoms. The maximum absolute atomic E-state index is 6.03. The minimum Gasteiger partial charge on any atom is -0.314 e. The number of alkyl halides is 1. The van der Waals surface area contributed by atoms with Gasteiger partial charge in [-0.15, -0.1) is 0 Å². The molecule has 4 heteroatoms. The minimum absolute atomic E-state index is 0.0178. The molecule has 0 amide bonds. The predicted molar refractivity (Wildman–Crippen MR) is 103 cm³/mol. The third kappa shape index (κ3) is 3.32. The van der Waals surface area contributed by atoms with E-state index in [1.54, 1.807) is 0 Å². The molecule has 2 aromatic carbocycles. The average Bonchev–Trinajstić information content (AvgIpc) is 2.56. The van der Waals surface area contributed by atoms with Crippen molar-refractivity contribution in [1.82, 2.24) is 10.2 Å².